The number of carbonyl (C=O) groups is 3. The number of aryl methyl sites for hydroxylation is 1. The molecule has 2 atom stereocenters. The zero-order valence-corrected chi connectivity index (χ0v) is 26.6. The van der Waals surface area contributed by atoms with E-state index in [1.54, 1.807) is 50.2 Å². The van der Waals surface area contributed by atoms with Crippen LogP contribution >= 0.6 is 11.3 Å². The van der Waals surface area contributed by atoms with Gasteiger partial charge in [0.05, 0.1) is 31.0 Å². The summed E-state index contributed by atoms with van der Waals surface area (Å²) in [6, 6.07) is 18.8. The van der Waals surface area contributed by atoms with Gasteiger partial charge in [-0.25, -0.2) is 9.78 Å². The van der Waals surface area contributed by atoms with Crippen molar-refractivity contribution in [2.45, 2.75) is 45.9 Å². The molecule has 46 heavy (non-hydrogen) atoms. The summed E-state index contributed by atoms with van der Waals surface area (Å²) in [4.78, 5) is 46.1. The second-order valence-electron chi connectivity index (χ2n) is 10.9. The number of ether oxygens (including phenoxy) is 4. The number of esters is 1. The molecule has 11 heteroatoms. The first kappa shape index (κ1) is 30.8. The molecule has 2 unspecified atom stereocenters. The number of rotatable bonds is 9. The number of benzene rings is 3. The minimum Gasteiger partial charge on any atom is -0.507 e. The first-order valence-corrected chi connectivity index (χ1v) is 15.6. The number of amides is 1. The smallest absolute Gasteiger partial charge is 0.350 e. The van der Waals surface area contributed by atoms with Gasteiger partial charge in [-0.1, -0.05) is 47.7 Å². The molecule has 1 amide bonds. The van der Waals surface area contributed by atoms with E-state index in [9.17, 15) is 19.5 Å². The van der Waals surface area contributed by atoms with E-state index in [0.29, 0.717) is 47.1 Å². The fraction of sp³-hybridized carbons (Fsp3) is 0.257. The molecule has 2 aliphatic rings. The fourth-order valence-electron chi connectivity index (χ4n) is 5.65. The molecule has 1 aromatic heterocycles. The van der Waals surface area contributed by atoms with Crippen molar-refractivity contribution in [1.29, 1.82) is 0 Å². The maximum Gasteiger partial charge on any atom is 0.350 e. The highest BCUT2D eigenvalue weighted by molar-refractivity contribution is 7.17. The van der Waals surface area contributed by atoms with E-state index < -0.39 is 23.7 Å². The maximum atomic E-state index is 13.8. The molecule has 1 N–H and O–H groups in total. The van der Waals surface area contributed by atoms with Crippen molar-refractivity contribution >= 4 is 39.9 Å². The van der Waals surface area contributed by atoms with E-state index in [2.05, 4.69) is 4.98 Å². The predicted molar refractivity (Wildman–Crippen MR) is 172 cm³/mol. The molecule has 3 heterocycles. The summed E-state index contributed by atoms with van der Waals surface area (Å²) < 4.78 is 22.7. The van der Waals surface area contributed by atoms with Crippen LogP contribution in [0.3, 0.4) is 0 Å². The predicted octanol–water partition coefficient (Wildman–Crippen LogP) is 6.17. The lowest BCUT2D eigenvalue weighted by atomic mass is 9.94. The van der Waals surface area contributed by atoms with E-state index >= 15 is 0 Å². The van der Waals surface area contributed by atoms with Crippen LogP contribution in [0.25, 0.3) is 5.76 Å². The number of Topliss-reactive ketones (excluding diaryl/α,β-unsaturated/α-hetero) is 1. The highest BCUT2D eigenvalue weighted by atomic mass is 32.1. The molecule has 0 aliphatic carbocycles. The molecule has 0 spiro atoms. The van der Waals surface area contributed by atoms with Crippen molar-refractivity contribution in [3.05, 3.63) is 105 Å². The van der Waals surface area contributed by atoms with Crippen molar-refractivity contribution in [1.82, 2.24) is 4.98 Å². The van der Waals surface area contributed by atoms with E-state index in [1.165, 1.54) is 12.0 Å². The molecule has 0 radical (unpaired) electrons. The van der Waals surface area contributed by atoms with Crippen LogP contribution < -0.4 is 19.1 Å². The highest BCUT2D eigenvalue weighted by Crippen LogP contribution is 2.46. The lowest BCUT2D eigenvalue weighted by Crippen LogP contribution is -2.29. The first-order chi connectivity index (χ1) is 22.2. The maximum absolute atomic E-state index is 13.8. The van der Waals surface area contributed by atoms with Gasteiger partial charge in [-0.3, -0.25) is 14.5 Å². The summed E-state index contributed by atoms with van der Waals surface area (Å²) in [6.07, 6.45) is 0.625. The van der Waals surface area contributed by atoms with Crippen molar-refractivity contribution in [2.75, 3.05) is 18.6 Å². The van der Waals surface area contributed by atoms with Crippen LogP contribution in [0.15, 0.2) is 72.3 Å². The van der Waals surface area contributed by atoms with Gasteiger partial charge in [0.2, 0.25) is 0 Å². The van der Waals surface area contributed by atoms with E-state index in [-0.39, 0.29) is 34.1 Å². The molecule has 2 aliphatic heterocycles. The molecule has 3 aromatic carbocycles. The summed E-state index contributed by atoms with van der Waals surface area (Å²) >= 11 is 0.944. The van der Waals surface area contributed by atoms with Crippen molar-refractivity contribution < 1.29 is 38.4 Å². The van der Waals surface area contributed by atoms with Gasteiger partial charge in [0, 0.05) is 12.0 Å². The first-order valence-electron chi connectivity index (χ1n) is 14.8. The number of ketones is 1. The number of hydrogen-bond donors (Lipinski definition) is 1. The number of anilines is 1. The molecule has 1 fully saturated rings. The van der Waals surface area contributed by atoms with Gasteiger partial charge in [-0.2, -0.15) is 0 Å². The summed E-state index contributed by atoms with van der Waals surface area (Å²) in [6.45, 7) is 5.74. The minimum atomic E-state index is -1.10. The summed E-state index contributed by atoms with van der Waals surface area (Å²) in [5.41, 5.74) is 2.92. The number of nitrogens with zero attached hydrogens (tertiary/aromatic N) is 2. The monoisotopic (exact) mass is 640 g/mol. The van der Waals surface area contributed by atoms with Crippen LogP contribution in [0.4, 0.5) is 5.13 Å². The van der Waals surface area contributed by atoms with Crippen LogP contribution in [0, 0.1) is 6.92 Å². The Morgan fingerprint density at radius 3 is 2.61 bits per heavy atom. The molecule has 4 aromatic rings. The van der Waals surface area contributed by atoms with Crippen LogP contribution in [-0.2, 0) is 27.4 Å². The Morgan fingerprint density at radius 1 is 1.09 bits per heavy atom. The highest BCUT2D eigenvalue weighted by Gasteiger charge is 2.49. The van der Waals surface area contributed by atoms with Gasteiger partial charge < -0.3 is 24.1 Å². The average molecular weight is 641 g/mol. The van der Waals surface area contributed by atoms with Crippen molar-refractivity contribution in [2.24, 2.45) is 0 Å². The number of fused-ring (bicyclic) bond motifs is 1. The number of hydrogen-bond acceptors (Lipinski definition) is 10. The molecule has 6 rings (SSSR count). The zero-order chi connectivity index (χ0) is 32.5. The normalized spacial score (nSPS) is 18.3. The number of thiazole rings is 1. The Hall–Kier alpha value is -5.16. The molecule has 10 nitrogen and oxygen atoms in total. The second kappa shape index (κ2) is 12.7. The van der Waals surface area contributed by atoms with Gasteiger partial charge in [-0.05, 0) is 67.8 Å². The van der Waals surface area contributed by atoms with E-state index in [4.69, 9.17) is 18.9 Å². The van der Waals surface area contributed by atoms with Crippen LogP contribution in [0.2, 0.25) is 0 Å². The van der Waals surface area contributed by atoms with E-state index in [0.717, 1.165) is 22.5 Å². The molecule has 1 saturated heterocycles. The van der Waals surface area contributed by atoms with E-state index in [1.807, 2.05) is 37.3 Å². The number of methoxy groups -OCH3 is 1. The van der Waals surface area contributed by atoms with Gasteiger partial charge in [0.15, 0.2) is 16.6 Å². The third kappa shape index (κ3) is 5.69. The Morgan fingerprint density at radius 2 is 1.87 bits per heavy atom. The van der Waals surface area contributed by atoms with Crippen LogP contribution in [0.1, 0.15) is 57.5 Å². The van der Waals surface area contributed by atoms with Gasteiger partial charge in [-0.15, -0.1) is 0 Å². The molecular weight excluding hydrogens is 608 g/mol. The zero-order valence-electron chi connectivity index (χ0n) is 25.7. The lowest BCUT2D eigenvalue weighted by molar-refractivity contribution is -0.132. The minimum absolute atomic E-state index is 0.0187. The summed E-state index contributed by atoms with van der Waals surface area (Å²) in [7, 11) is 1.49. The van der Waals surface area contributed by atoms with Crippen molar-refractivity contribution in [3.8, 4) is 17.2 Å². The number of aromatic nitrogens is 1. The SMILES string of the molecule is CCOC(=O)c1sc(N2C(=O)C(=O)/C(=C(/O)c3ccc4c(c3)CC(C)O4)C2c2ccc(OCc3ccccc3)c(OC)c2)nc1C. The molecule has 0 bridgehead atoms. The van der Waals surface area contributed by atoms with Gasteiger partial charge in [0.1, 0.15) is 29.1 Å². The Kier molecular flexibility index (Phi) is 8.50. The summed E-state index contributed by atoms with van der Waals surface area (Å²) in [5, 5.41) is 11.8. The Bertz CT molecular complexity index is 1870. The molecule has 0 saturated carbocycles. The van der Waals surface area contributed by atoms with Crippen molar-refractivity contribution in [3.63, 3.8) is 0 Å². The topological polar surface area (TPSA) is 124 Å². The number of carbonyl (C=O) groups excluding carboxylic acids is 3. The van der Waals surface area contributed by atoms with Crippen LogP contribution in [-0.4, -0.2) is 47.6 Å². The Labute approximate surface area is 269 Å². The quantitative estimate of drug-likeness (QED) is 0.0991. The number of aliphatic hydroxyl groups is 1. The second-order valence-corrected chi connectivity index (χ2v) is 11.9. The third-order valence-electron chi connectivity index (χ3n) is 7.81. The van der Waals surface area contributed by atoms with Gasteiger partial charge >= 0.3 is 11.9 Å². The standard InChI is InChI=1S/C35H32N2O8S/c1-5-43-34(41)32-20(3)36-35(46-32)37-29(22-11-14-26(27(17-22)42-4)44-18-21-9-7-6-8-10-21)28(31(39)33(37)40)30(38)23-12-13-25-24(16-23)15-19(2)45-25/h6-14,16-17,19,29,38H,5,15,18H2,1-4H3/b30-28+. The third-order valence-corrected chi connectivity index (χ3v) is 8.94. The molecular formula is C35H32N2O8S. The van der Waals surface area contributed by atoms with Crippen LogP contribution in [0.5, 0.6) is 17.2 Å². The fourth-order valence-corrected chi connectivity index (χ4v) is 6.64. The lowest BCUT2D eigenvalue weighted by Gasteiger charge is -2.24. The van der Waals surface area contributed by atoms with Gasteiger partial charge in [0.25, 0.3) is 5.78 Å². The number of aliphatic hydroxyl groups excluding tert-OH is 1. The molecule has 236 valence electrons. The Balaban J connectivity index is 1.46. The average Bonchev–Trinajstić information content (AvgIpc) is 3.71. The largest absolute Gasteiger partial charge is 0.507 e. The summed E-state index contributed by atoms with van der Waals surface area (Å²) in [5.74, 6) is -1.16.